The first kappa shape index (κ1) is 15.7. The zero-order chi connectivity index (χ0) is 14.3. The standard InChI is InChI=1S/C15H28N4/c1-5-8-10-19(11-9-6-2)15-12(4)14(16)17-13(7-3)18-15/h5-11H2,1-4H3,(H2,16,17,18). The van der Waals surface area contributed by atoms with Crippen LogP contribution in [0.25, 0.3) is 0 Å². The Labute approximate surface area is 117 Å². The Balaban J connectivity index is 3.01. The average molecular weight is 264 g/mol. The van der Waals surface area contributed by atoms with Gasteiger partial charge in [0.25, 0.3) is 0 Å². The van der Waals surface area contributed by atoms with Gasteiger partial charge in [-0.1, -0.05) is 33.6 Å². The van der Waals surface area contributed by atoms with Crippen LogP contribution in [-0.4, -0.2) is 23.1 Å². The largest absolute Gasteiger partial charge is 0.383 e. The molecule has 1 rings (SSSR count). The molecule has 1 aromatic rings. The van der Waals surface area contributed by atoms with Crippen LogP contribution in [0.3, 0.4) is 0 Å². The molecule has 0 amide bonds. The Bertz CT molecular complexity index is 382. The first-order valence-corrected chi connectivity index (χ1v) is 7.51. The first-order chi connectivity index (χ1) is 9.13. The van der Waals surface area contributed by atoms with Crippen molar-refractivity contribution in [2.45, 2.75) is 59.8 Å². The van der Waals surface area contributed by atoms with Gasteiger partial charge in [0.2, 0.25) is 0 Å². The summed E-state index contributed by atoms with van der Waals surface area (Å²) in [6, 6.07) is 0. The van der Waals surface area contributed by atoms with Crippen LogP contribution < -0.4 is 10.6 Å². The minimum absolute atomic E-state index is 0.625. The molecule has 0 atom stereocenters. The van der Waals surface area contributed by atoms with E-state index in [1.54, 1.807) is 0 Å². The molecule has 1 heterocycles. The number of rotatable bonds is 8. The zero-order valence-electron chi connectivity index (χ0n) is 12.9. The number of hydrogen-bond acceptors (Lipinski definition) is 4. The highest BCUT2D eigenvalue weighted by atomic mass is 15.2. The van der Waals surface area contributed by atoms with Crippen LogP contribution in [0, 0.1) is 6.92 Å². The molecule has 0 bridgehead atoms. The fourth-order valence-corrected chi connectivity index (χ4v) is 2.06. The van der Waals surface area contributed by atoms with Crippen LogP contribution in [0.2, 0.25) is 0 Å². The summed E-state index contributed by atoms with van der Waals surface area (Å²) < 4.78 is 0. The molecule has 0 unspecified atom stereocenters. The van der Waals surface area contributed by atoms with Crippen molar-refractivity contribution < 1.29 is 0 Å². The van der Waals surface area contributed by atoms with Crippen LogP contribution in [0.15, 0.2) is 0 Å². The monoisotopic (exact) mass is 264 g/mol. The van der Waals surface area contributed by atoms with Gasteiger partial charge in [0, 0.05) is 25.1 Å². The molecule has 2 N–H and O–H groups in total. The van der Waals surface area contributed by atoms with Crippen molar-refractivity contribution in [2.75, 3.05) is 23.7 Å². The van der Waals surface area contributed by atoms with Gasteiger partial charge in [-0.3, -0.25) is 0 Å². The molecule has 0 aliphatic carbocycles. The van der Waals surface area contributed by atoms with E-state index in [1.165, 1.54) is 25.7 Å². The van der Waals surface area contributed by atoms with Gasteiger partial charge in [0.05, 0.1) is 0 Å². The first-order valence-electron chi connectivity index (χ1n) is 7.51. The smallest absolute Gasteiger partial charge is 0.137 e. The SMILES string of the molecule is CCCCN(CCCC)c1nc(CC)nc(N)c1C. The molecule has 19 heavy (non-hydrogen) atoms. The highest BCUT2D eigenvalue weighted by Gasteiger charge is 2.14. The van der Waals surface area contributed by atoms with E-state index in [1.807, 2.05) is 6.92 Å². The second kappa shape index (κ2) is 7.97. The molecular weight excluding hydrogens is 236 g/mol. The lowest BCUT2D eigenvalue weighted by Crippen LogP contribution is -2.28. The third-order valence-corrected chi connectivity index (χ3v) is 3.38. The molecule has 0 radical (unpaired) electrons. The van der Waals surface area contributed by atoms with Gasteiger partial charge in [-0.15, -0.1) is 0 Å². The van der Waals surface area contributed by atoms with Gasteiger partial charge >= 0.3 is 0 Å². The maximum Gasteiger partial charge on any atom is 0.137 e. The Morgan fingerprint density at radius 1 is 1.00 bits per heavy atom. The predicted octanol–water partition coefficient (Wildman–Crippen LogP) is 3.34. The highest BCUT2D eigenvalue weighted by molar-refractivity contribution is 5.56. The van der Waals surface area contributed by atoms with Crippen LogP contribution in [-0.2, 0) is 6.42 Å². The second-order valence-electron chi connectivity index (χ2n) is 5.02. The van der Waals surface area contributed by atoms with Gasteiger partial charge in [-0.05, 0) is 19.8 Å². The molecule has 0 fully saturated rings. The fraction of sp³-hybridized carbons (Fsp3) is 0.733. The number of unbranched alkanes of at least 4 members (excludes halogenated alkanes) is 2. The maximum atomic E-state index is 6.01. The van der Waals surface area contributed by atoms with Crippen molar-refractivity contribution in [2.24, 2.45) is 0 Å². The minimum Gasteiger partial charge on any atom is -0.383 e. The number of aromatic nitrogens is 2. The maximum absolute atomic E-state index is 6.01. The Morgan fingerprint density at radius 2 is 1.58 bits per heavy atom. The molecule has 0 saturated carbocycles. The molecular formula is C15H28N4. The van der Waals surface area contributed by atoms with Gasteiger partial charge in [-0.25, -0.2) is 9.97 Å². The molecule has 0 saturated heterocycles. The van der Waals surface area contributed by atoms with Crippen LogP contribution in [0.4, 0.5) is 11.6 Å². The summed E-state index contributed by atoms with van der Waals surface area (Å²) in [5.41, 5.74) is 7.03. The molecule has 4 heteroatoms. The minimum atomic E-state index is 0.625. The number of aryl methyl sites for hydroxylation is 1. The molecule has 4 nitrogen and oxygen atoms in total. The van der Waals surface area contributed by atoms with E-state index in [2.05, 4.69) is 30.7 Å². The second-order valence-corrected chi connectivity index (χ2v) is 5.02. The van der Waals surface area contributed by atoms with Gasteiger partial charge < -0.3 is 10.6 Å². The topological polar surface area (TPSA) is 55.0 Å². The Morgan fingerprint density at radius 3 is 2.05 bits per heavy atom. The van der Waals surface area contributed by atoms with Gasteiger partial charge in [-0.2, -0.15) is 0 Å². The van der Waals surface area contributed by atoms with E-state index in [-0.39, 0.29) is 0 Å². The number of nitrogen functional groups attached to an aromatic ring is 1. The lowest BCUT2D eigenvalue weighted by atomic mass is 10.2. The van der Waals surface area contributed by atoms with Crippen molar-refractivity contribution in [1.82, 2.24) is 9.97 Å². The summed E-state index contributed by atoms with van der Waals surface area (Å²) in [5, 5.41) is 0. The Kier molecular flexibility index (Phi) is 6.60. The van der Waals surface area contributed by atoms with E-state index < -0.39 is 0 Å². The molecule has 0 spiro atoms. The lowest BCUT2D eigenvalue weighted by molar-refractivity contribution is 0.666. The predicted molar refractivity (Wildman–Crippen MR) is 82.6 cm³/mol. The quantitative estimate of drug-likeness (QED) is 0.782. The summed E-state index contributed by atoms with van der Waals surface area (Å²) in [4.78, 5) is 11.4. The van der Waals surface area contributed by atoms with Crippen molar-refractivity contribution in [3.8, 4) is 0 Å². The van der Waals surface area contributed by atoms with Gasteiger partial charge in [0.1, 0.15) is 17.5 Å². The van der Waals surface area contributed by atoms with Crippen LogP contribution in [0.5, 0.6) is 0 Å². The van der Waals surface area contributed by atoms with E-state index in [0.717, 1.165) is 36.7 Å². The van der Waals surface area contributed by atoms with Crippen molar-refractivity contribution in [1.29, 1.82) is 0 Å². The summed E-state index contributed by atoms with van der Waals surface area (Å²) in [6.07, 6.45) is 5.60. The van der Waals surface area contributed by atoms with Gasteiger partial charge in [0.15, 0.2) is 0 Å². The summed E-state index contributed by atoms with van der Waals surface area (Å²) in [7, 11) is 0. The lowest BCUT2D eigenvalue weighted by Gasteiger charge is -2.26. The van der Waals surface area contributed by atoms with Crippen molar-refractivity contribution in [3.05, 3.63) is 11.4 Å². The average Bonchev–Trinajstić information content (AvgIpc) is 2.42. The van der Waals surface area contributed by atoms with Crippen LogP contribution in [0.1, 0.15) is 57.8 Å². The number of hydrogen-bond donors (Lipinski definition) is 1. The molecule has 1 aromatic heterocycles. The van der Waals surface area contributed by atoms with E-state index >= 15 is 0 Å². The summed E-state index contributed by atoms with van der Waals surface area (Å²) in [5.74, 6) is 2.50. The third kappa shape index (κ3) is 4.37. The summed E-state index contributed by atoms with van der Waals surface area (Å²) in [6.45, 7) is 10.6. The van der Waals surface area contributed by atoms with Crippen molar-refractivity contribution >= 4 is 11.6 Å². The number of nitrogens with two attached hydrogens (primary N) is 1. The van der Waals surface area contributed by atoms with Crippen LogP contribution >= 0.6 is 0 Å². The third-order valence-electron chi connectivity index (χ3n) is 3.38. The molecule has 108 valence electrons. The van der Waals surface area contributed by atoms with Crippen molar-refractivity contribution in [3.63, 3.8) is 0 Å². The zero-order valence-corrected chi connectivity index (χ0v) is 12.9. The normalized spacial score (nSPS) is 10.7. The molecule has 0 aliphatic heterocycles. The molecule has 0 aliphatic rings. The molecule has 0 aromatic carbocycles. The summed E-state index contributed by atoms with van der Waals surface area (Å²) >= 11 is 0. The van der Waals surface area contributed by atoms with E-state index in [0.29, 0.717) is 5.82 Å². The number of anilines is 2. The fourth-order valence-electron chi connectivity index (χ4n) is 2.06. The highest BCUT2D eigenvalue weighted by Crippen LogP contribution is 2.22. The van der Waals surface area contributed by atoms with E-state index in [9.17, 15) is 0 Å². The van der Waals surface area contributed by atoms with E-state index in [4.69, 9.17) is 10.7 Å². The Hall–Kier alpha value is -1.32. The number of nitrogens with zero attached hydrogens (tertiary/aromatic N) is 3.